The van der Waals surface area contributed by atoms with Crippen molar-refractivity contribution in [3.63, 3.8) is 0 Å². The van der Waals surface area contributed by atoms with E-state index in [1.807, 2.05) is 38.1 Å². The third-order valence-electron chi connectivity index (χ3n) is 3.48. The van der Waals surface area contributed by atoms with E-state index in [1.165, 1.54) is 18.2 Å². The lowest BCUT2D eigenvalue weighted by Gasteiger charge is -2.08. The zero-order valence-corrected chi connectivity index (χ0v) is 15.1. The number of hydrogen-bond acceptors (Lipinski definition) is 4. The van der Waals surface area contributed by atoms with Crippen molar-refractivity contribution in [1.29, 1.82) is 5.26 Å². The summed E-state index contributed by atoms with van der Waals surface area (Å²) in [6.45, 7) is 3.75. The Morgan fingerprint density at radius 3 is 2.64 bits per heavy atom. The third-order valence-corrected chi connectivity index (χ3v) is 4.15. The van der Waals surface area contributed by atoms with Gasteiger partial charge in [0.05, 0.1) is 9.40 Å². The first-order valence-corrected chi connectivity index (χ1v) is 8.05. The van der Waals surface area contributed by atoms with Crippen molar-refractivity contribution in [2.75, 3.05) is 5.32 Å². The lowest BCUT2D eigenvalue weighted by atomic mass is 10.1. The molecule has 1 N–H and O–H groups in total. The maximum Gasteiger partial charge on any atom is 0.284 e. The minimum Gasteiger partial charge on any atom is -0.321 e. The van der Waals surface area contributed by atoms with Gasteiger partial charge in [0.25, 0.3) is 11.6 Å². The van der Waals surface area contributed by atoms with Gasteiger partial charge in [-0.05, 0) is 64.7 Å². The number of carbonyl (C=O) groups is 1. The number of nitrogens with zero attached hydrogens (tertiary/aromatic N) is 2. The normalized spacial score (nSPS) is 10.9. The first-order valence-electron chi connectivity index (χ1n) is 7.26. The summed E-state index contributed by atoms with van der Waals surface area (Å²) in [6, 6.07) is 11.8. The molecular formula is C18H14BrN3O3. The highest BCUT2D eigenvalue weighted by atomic mass is 79.9. The van der Waals surface area contributed by atoms with E-state index < -0.39 is 10.8 Å². The Morgan fingerprint density at radius 2 is 2.00 bits per heavy atom. The van der Waals surface area contributed by atoms with E-state index >= 15 is 0 Å². The molecule has 0 aliphatic rings. The minimum atomic E-state index is -0.568. The highest BCUT2D eigenvalue weighted by molar-refractivity contribution is 9.10. The van der Waals surface area contributed by atoms with Crippen molar-refractivity contribution in [1.82, 2.24) is 0 Å². The van der Waals surface area contributed by atoms with Gasteiger partial charge in [-0.25, -0.2) is 0 Å². The molecule has 2 rings (SSSR count). The number of amides is 1. The molecule has 2 aromatic rings. The second-order valence-corrected chi connectivity index (χ2v) is 6.26. The largest absolute Gasteiger partial charge is 0.321 e. The average molecular weight is 400 g/mol. The molecule has 126 valence electrons. The van der Waals surface area contributed by atoms with Gasteiger partial charge in [0.2, 0.25) is 0 Å². The Bertz CT molecular complexity index is 930. The monoisotopic (exact) mass is 399 g/mol. The van der Waals surface area contributed by atoms with Gasteiger partial charge in [-0.15, -0.1) is 0 Å². The quantitative estimate of drug-likeness (QED) is 0.353. The Morgan fingerprint density at radius 1 is 1.28 bits per heavy atom. The lowest BCUT2D eigenvalue weighted by Crippen LogP contribution is -2.14. The summed E-state index contributed by atoms with van der Waals surface area (Å²) < 4.78 is 0.327. The summed E-state index contributed by atoms with van der Waals surface area (Å²) in [5.41, 5.74) is 2.58. The Kier molecular flexibility index (Phi) is 5.67. The smallest absolute Gasteiger partial charge is 0.284 e. The van der Waals surface area contributed by atoms with Crippen molar-refractivity contribution in [2.45, 2.75) is 13.8 Å². The summed E-state index contributed by atoms with van der Waals surface area (Å²) in [7, 11) is 0. The number of nitro groups is 1. The van der Waals surface area contributed by atoms with E-state index in [-0.39, 0.29) is 11.3 Å². The lowest BCUT2D eigenvalue weighted by molar-refractivity contribution is -0.385. The van der Waals surface area contributed by atoms with Gasteiger partial charge in [0.1, 0.15) is 11.6 Å². The third kappa shape index (κ3) is 4.52. The topological polar surface area (TPSA) is 96.0 Å². The molecule has 0 unspecified atom stereocenters. The number of benzene rings is 2. The molecule has 0 aromatic heterocycles. The van der Waals surface area contributed by atoms with E-state index in [0.717, 1.165) is 11.1 Å². The van der Waals surface area contributed by atoms with Crippen LogP contribution in [0.3, 0.4) is 0 Å². The predicted octanol–water partition coefficient (Wildman–Crippen LogP) is 4.52. The van der Waals surface area contributed by atoms with Crippen molar-refractivity contribution in [2.24, 2.45) is 0 Å². The van der Waals surface area contributed by atoms with Gasteiger partial charge in [0.15, 0.2) is 0 Å². The number of rotatable bonds is 4. The first-order chi connectivity index (χ1) is 11.8. The summed E-state index contributed by atoms with van der Waals surface area (Å²) in [5.74, 6) is -0.568. The Labute approximate surface area is 153 Å². The minimum absolute atomic E-state index is 0.138. The highest BCUT2D eigenvalue weighted by Gasteiger charge is 2.14. The van der Waals surface area contributed by atoms with Crippen LogP contribution in [0.15, 0.2) is 46.4 Å². The highest BCUT2D eigenvalue weighted by Crippen LogP contribution is 2.26. The molecule has 25 heavy (non-hydrogen) atoms. The maximum atomic E-state index is 12.4. The van der Waals surface area contributed by atoms with Gasteiger partial charge >= 0.3 is 0 Å². The summed E-state index contributed by atoms with van der Waals surface area (Å²) in [6.07, 6.45) is 1.32. The van der Waals surface area contributed by atoms with Crippen molar-refractivity contribution in [3.8, 4) is 6.07 Å². The average Bonchev–Trinajstić information content (AvgIpc) is 2.57. The van der Waals surface area contributed by atoms with Crippen LogP contribution in [0.1, 0.15) is 16.7 Å². The van der Waals surface area contributed by atoms with Crippen LogP contribution in [0.2, 0.25) is 0 Å². The SMILES string of the molecule is Cc1ccc(C)c(NC(=O)/C(C#N)=C\c2ccc(Br)c([N+](=O)[O-])c2)c1. The first kappa shape index (κ1) is 18.4. The van der Waals surface area contributed by atoms with Crippen molar-refractivity contribution in [3.05, 3.63) is 73.2 Å². The van der Waals surface area contributed by atoms with E-state index in [1.54, 1.807) is 6.07 Å². The predicted molar refractivity (Wildman–Crippen MR) is 98.9 cm³/mol. The molecule has 0 aliphatic carbocycles. The van der Waals surface area contributed by atoms with Crippen LogP contribution in [0.25, 0.3) is 6.08 Å². The number of nitrogens with one attached hydrogen (secondary N) is 1. The van der Waals surface area contributed by atoms with Crippen LogP contribution in [-0.4, -0.2) is 10.8 Å². The number of nitriles is 1. The molecule has 0 heterocycles. The van der Waals surface area contributed by atoms with Crippen molar-refractivity contribution < 1.29 is 9.72 Å². The zero-order chi connectivity index (χ0) is 18.6. The molecule has 0 fully saturated rings. The Hall–Kier alpha value is -2.98. The van der Waals surface area contributed by atoms with Crippen LogP contribution >= 0.6 is 15.9 Å². The molecule has 0 bridgehead atoms. The molecule has 0 spiro atoms. The molecular weight excluding hydrogens is 386 g/mol. The van der Waals surface area contributed by atoms with Gasteiger partial charge in [0, 0.05) is 11.8 Å². The molecule has 0 radical (unpaired) electrons. The van der Waals surface area contributed by atoms with Crippen LogP contribution in [0.5, 0.6) is 0 Å². The van der Waals surface area contributed by atoms with Crippen molar-refractivity contribution >= 4 is 39.3 Å². The fraction of sp³-hybridized carbons (Fsp3) is 0.111. The van der Waals surface area contributed by atoms with Crippen LogP contribution < -0.4 is 5.32 Å². The molecule has 0 saturated carbocycles. The standard InChI is InChI=1S/C18H14BrN3O3/c1-11-3-4-12(2)16(7-11)21-18(23)14(10-20)8-13-5-6-15(19)17(9-13)22(24)25/h3-9H,1-2H3,(H,21,23)/b14-8-. The van der Waals surface area contributed by atoms with E-state index in [9.17, 15) is 20.2 Å². The number of anilines is 1. The fourth-order valence-electron chi connectivity index (χ4n) is 2.13. The Balaban J connectivity index is 2.33. The van der Waals surface area contributed by atoms with E-state index in [2.05, 4.69) is 21.2 Å². The summed E-state index contributed by atoms with van der Waals surface area (Å²) >= 11 is 3.10. The van der Waals surface area contributed by atoms with Gasteiger partial charge in [-0.1, -0.05) is 18.2 Å². The maximum absolute atomic E-state index is 12.4. The molecule has 0 aliphatic heterocycles. The molecule has 7 heteroatoms. The number of aryl methyl sites for hydroxylation is 2. The van der Waals surface area contributed by atoms with Crippen LogP contribution in [-0.2, 0) is 4.79 Å². The summed E-state index contributed by atoms with van der Waals surface area (Å²) in [5, 5.41) is 23.0. The molecule has 2 aromatic carbocycles. The molecule has 1 amide bonds. The van der Waals surface area contributed by atoms with E-state index in [0.29, 0.717) is 15.7 Å². The number of hydrogen-bond donors (Lipinski definition) is 1. The van der Waals surface area contributed by atoms with Crippen LogP contribution in [0, 0.1) is 35.3 Å². The summed E-state index contributed by atoms with van der Waals surface area (Å²) in [4.78, 5) is 22.8. The van der Waals surface area contributed by atoms with Gasteiger partial charge in [-0.3, -0.25) is 14.9 Å². The molecule has 0 saturated heterocycles. The number of carbonyl (C=O) groups excluding carboxylic acids is 1. The van der Waals surface area contributed by atoms with Gasteiger partial charge < -0.3 is 5.32 Å². The molecule has 0 atom stereocenters. The van der Waals surface area contributed by atoms with Crippen LogP contribution in [0.4, 0.5) is 11.4 Å². The fourth-order valence-corrected chi connectivity index (χ4v) is 2.53. The van der Waals surface area contributed by atoms with Gasteiger partial charge in [-0.2, -0.15) is 5.26 Å². The number of halogens is 1. The number of nitro benzene ring substituents is 1. The second kappa shape index (κ2) is 7.73. The second-order valence-electron chi connectivity index (χ2n) is 5.41. The zero-order valence-electron chi connectivity index (χ0n) is 13.5. The molecule has 6 nitrogen and oxygen atoms in total. The van der Waals surface area contributed by atoms with E-state index in [4.69, 9.17) is 0 Å².